The van der Waals surface area contributed by atoms with Crippen LogP contribution in [0, 0.1) is 0 Å². The van der Waals surface area contributed by atoms with E-state index in [9.17, 15) is 0 Å². The van der Waals surface area contributed by atoms with Gasteiger partial charge in [0.2, 0.25) is 0 Å². The van der Waals surface area contributed by atoms with Crippen molar-refractivity contribution in [2.75, 3.05) is 26.3 Å². The summed E-state index contributed by atoms with van der Waals surface area (Å²) >= 11 is 0. The largest absolute Gasteiger partial charge is 0.380 e. The highest BCUT2D eigenvalue weighted by Gasteiger charge is 2.29. The van der Waals surface area contributed by atoms with Gasteiger partial charge in [-0.3, -0.25) is 9.88 Å². The fraction of sp³-hybridized carbons (Fsp3) is 0.643. The van der Waals surface area contributed by atoms with E-state index in [2.05, 4.69) is 23.7 Å². The fourth-order valence-electron chi connectivity index (χ4n) is 1.97. The number of nitrogens with zero attached hydrogens (tertiary/aromatic N) is 2. The standard InChI is InChI=1S/C14H25N3O/c1-4-17(10-13-8-6-7-9-16-13)14(3,11-15)12-18-5-2/h6-9H,4-5,10-12,15H2,1-3H3. The van der Waals surface area contributed by atoms with Crippen LogP contribution in [0.15, 0.2) is 24.4 Å². The molecule has 0 aromatic carbocycles. The summed E-state index contributed by atoms with van der Waals surface area (Å²) < 4.78 is 5.57. The first-order chi connectivity index (χ1) is 8.66. The van der Waals surface area contributed by atoms with E-state index < -0.39 is 0 Å². The number of aromatic nitrogens is 1. The zero-order valence-corrected chi connectivity index (χ0v) is 11.7. The van der Waals surface area contributed by atoms with Gasteiger partial charge in [-0.1, -0.05) is 13.0 Å². The van der Waals surface area contributed by atoms with Crippen LogP contribution in [0.5, 0.6) is 0 Å². The Morgan fingerprint density at radius 2 is 2.17 bits per heavy atom. The monoisotopic (exact) mass is 251 g/mol. The molecule has 0 aliphatic heterocycles. The van der Waals surface area contributed by atoms with Gasteiger partial charge in [0, 0.05) is 25.9 Å². The van der Waals surface area contributed by atoms with Crippen LogP contribution in [0.3, 0.4) is 0 Å². The zero-order chi connectivity index (χ0) is 13.4. The second-order valence-electron chi connectivity index (χ2n) is 4.67. The molecule has 1 rings (SSSR count). The van der Waals surface area contributed by atoms with Crippen molar-refractivity contribution in [3.63, 3.8) is 0 Å². The molecular formula is C14H25N3O. The van der Waals surface area contributed by atoms with E-state index >= 15 is 0 Å². The minimum Gasteiger partial charge on any atom is -0.380 e. The molecule has 102 valence electrons. The molecule has 1 aromatic heterocycles. The molecular weight excluding hydrogens is 226 g/mol. The number of hydrogen-bond donors (Lipinski definition) is 1. The van der Waals surface area contributed by atoms with Crippen molar-refractivity contribution in [3.05, 3.63) is 30.1 Å². The van der Waals surface area contributed by atoms with Gasteiger partial charge in [-0.05, 0) is 32.5 Å². The maximum atomic E-state index is 5.94. The summed E-state index contributed by atoms with van der Waals surface area (Å²) in [4.78, 5) is 6.70. The zero-order valence-electron chi connectivity index (χ0n) is 11.7. The maximum Gasteiger partial charge on any atom is 0.0660 e. The molecule has 1 aromatic rings. The van der Waals surface area contributed by atoms with E-state index in [0.717, 1.165) is 25.4 Å². The van der Waals surface area contributed by atoms with Crippen molar-refractivity contribution in [1.29, 1.82) is 0 Å². The normalized spacial score (nSPS) is 14.7. The highest BCUT2D eigenvalue weighted by atomic mass is 16.5. The molecule has 1 heterocycles. The number of pyridine rings is 1. The molecule has 0 bridgehead atoms. The Hall–Kier alpha value is -0.970. The van der Waals surface area contributed by atoms with E-state index in [1.807, 2.05) is 31.3 Å². The molecule has 0 radical (unpaired) electrons. The molecule has 0 amide bonds. The summed E-state index contributed by atoms with van der Waals surface area (Å²) in [5.74, 6) is 0. The Labute approximate surface area is 110 Å². The van der Waals surface area contributed by atoms with Gasteiger partial charge in [-0.15, -0.1) is 0 Å². The molecule has 1 unspecified atom stereocenters. The molecule has 0 aliphatic rings. The van der Waals surface area contributed by atoms with Crippen molar-refractivity contribution in [2.24, 2.45) is 5.73 Å². The highest BCUT2D eigenvalue weighted by Crippen LogP contribution is 2.17. The van der Waals surface area contributed by atoms with Crippen LogP contribution in [0.25, 0.3) is 0 Å². The van der Waals surface area contributed by atoms with Gasteiger partial charge < -0.3 is 10.5 Å². The molecule has 0 fully saturated rings. The molecule has 0 saturated carbocycles. The number of hydrogen-bond acceptors (Lipinski definition) is 4. The SMILES string of the molecule is CCOCC(C)(CN)N(CC)Cc1ccccn1. The quantitative estimate of drug-likeness (QED) is 0.763. The Morgan fingerprint density at radius 1 is 1.39 bits per heavy atom. The first-order valence-electron chi connectivity index (χ1n) is 6.59. The molecule has 1 atom stereocenters. The lowest BCUT2D eigenvalue weighted by atomic mass is 10.0. The minimum atomic E-state index is -0.137. The van der Waals surface area contributed by atoms with Crippen LogP contribution in [-0.2, 0) is 11.3 Å². The van der Waals surface area contributed by atoms with Crippen molar-refractivity contribution in [1.82, 2.24) is 9.88 Å². The number of nitrogens with two attached hydrogens (primary N) is 1. The average Bonchev–Trinajstić information content (AvgIpc) is 2.43. The molecule has 4 heteroatoms. The van der Waals surface area contributed by atoms with Crippen molar-refractivity contribution in [3.8, 4) is 0 Å². The van der Waals surface area contributed by atoms with Gasteiger partial charge in [-0.2, -0.15) is 0 Å². The Balaban J connectivity index is 2.73. The van der Waals surface area contributed by atoms with Crippen LogP contribution in [0.2, 0.25) is 0 Å². The molecule has 2 N–H and O–H groups in total. The smallest absolute Gasteiger partial charge is 0.0660 e. The second-order valence-corrected chi connectivity index (χ2v) is 4.67. The topological polar surface area (TPSA) is 51.4 Å². The average molecular weight is 251 g/mol. The summed E-state index contributed by atoms with van der Waals surface area (Å²) in [6, 6.07) is 5.99. The maximum absolute atomic E-state index is 5.94. The molecule has 18 heavy (non-hydrogen) atoms. The predicted molar refractivity (Wildman–Crippen MR) is 74.3 cm³/mol. The molecule has 0 saturated heterocycles. The van der Waals surface area contributed by atoms with E-state index in [-0.39, 0.29) is 5.54 Å². The third-order valence-corrected chi connectivity index (χ3v) is 3.28. The van der Waals surface area contributed by atoms with Gasteiger partial charge in [0.05, 0.1) is 17.8 Å². The van der Waals surface area contributed by atoms with Gasteiger partial charge in [0.1, 0.15) is 0 Å². The van der Waals surface area contributed by atoms with E-state index in [1.54, 1.807) is 0 Å². The first-order valence-corrected chi connectivity index (χ1v) is 6.59. The molecule has 4 nitrogen and oxygen atoms in total. The number of rotatable bonds is 8. The van der Waals surface area contributed by atoms with E-state index in [0.29, 0.717) is 13.2 Å². The summed E-state index contributed by atoms with van der Waals surface area (Å²) in [6.07, 6.45) is 1.82. The van der Waals surface area contributed by atoms with Crippen LogP contribution >= 0.6 is 0 Å². The van der Waals surface area contributed by atoms with Gasteiger partial charge in [0.15, 0.2) is 0 Å². The summed E-state index contributed by atoms with van der Waals surface area (Å²) in [7, 11) is 0. The third kappa shape index (κ3) is 4.05. The van der Waals surface area contributed by atoms with Gasteiger partial charge in [-0.25, -0.2) is 0 Å². The van der Waals surface area contributed by atoms with E-state index in [1.165, 1.54) is 0 Å². The Morgan fingerprint density at radius 3 is 2.67 bits per heavy atom. The van der Waals surface area contributed by atoms with Crippen LogP contribution in [0.4, 0.5) is 0 Å². The first kappa shape index (κ1) is 15.1. The second kappa shape index (κ2) is 7.46. The predicted octanol–water partition coefficient (Wildman–Crippen LogP) is 1.66. The Bertz CT molecular complexity index is 331. The molecule has 0 spiro atoms. The summed E-state index contributed by atoms with van der Waals surface area (Å²) in [5.41, 5.74) is 6.86. The number of likely N-dealkylation sites (N-methyl/N-ethyl adjacent to an activating group) is 1. The lowest BCUT2D eigenvalue weighted by Crippen LogP contribution is -2.54. The van der Waals surface area contributed by atoms with Crippen LogP contribution in [-0.4, -0.2) is 41.7 Å². The van der Waals surface area contributed by atoms with Crippen LogP contribution < -0.4 is 5.73 Å². The molecule has 0 aliphatic carbocycles. The summed E-state index contributed by atoms with van der Waals surface area (Å²) in [6.45, 7) is 9.98. The van der Waals surface area contributed by atoms with Crippen LogP contribution in [0.1, 0.15) is 26.5 Å². The van der Waals surface area contributed by atoms with Gasteiger partial charge >= 0.3 is 0 Å². The summed E-state index contributed by atoms with van der Waals surface area (Å²) in [5, 5.41) is 0. The number of ether oxygens (including phenoxy) is 1. The van der Waals surface area contributed by atoms with E-state index in [4.69, 9.17) is 10.5 Å². The fourth-order valence-corrected chi connectivity index (χ4v) is 1.97. The highest BCUT2D eigenvalue weighted by molar-refractivity contribution is 5.04. The lowest BCUT2D eigenvalue weighted by Gasteiger charge is -2.39. The van der Waals surface area contributed by atoms with Gasteiger partial charge in [0.25, 0.3) is 0 Å². The third-order valence-electron chi connectivity index (χ3n) is 3.28. The Kier molecular flexibility index (Phi) is 6.25. The van der Waals surface area contributed by atoms with Crippen molar-refractivity contribution in [2.45, 2.75) is 32.9 Å². The minimum absolute atomic E-state index is 0.137. The lowest BCUT2D eigenvalue weighted by molar-refractivity contribution is 0.00777. The van der Waals surface area contributed by atoms with Crippen molar-refractivity contribution >= 4 is 0 Å². The van der Waals surface area contributed by atoms with Crippen molar-refractivity contribution < 1.29 is 4.74 Å².